The minimum atomic E-state index is -4.28. The van der Waals surface area contributed by atoms with E-state index in [1.54, 1.807) is 18.3 Å². The summed E-state index contributed by atoms with van der Waals surface area (Å²) in [6.07, 6.45) is -2.68. The number of halogens is 3. The van der Waals surface area contributed by atoms with Gasteiger partial charge in [0.25, 0.3) is 0 Å². The Morgan fingerprint density at radius 3 is 2.48 bits per heavy atom. The van der Waals surface area contributed by atoms with E-state index < -0.39 is 22.7 Å². The van der Waals surface area contributed by atoms with E-state index in [1.165, 1.54) is 15.3 Å². The summed E-state index contributed by atoms with van der Waals surface area (Å²) in [5.74, 6) is 0. The lowest BCUT2D eigenvalue weighted by molar-refractivity contribution is -0.148. The van der Waals surface area contributed by atoms with Crippen molar-refractivity contribution >= 4 is 20.9 Å². The molecule has 1 fully saturated rings. The summed E-state index contributed by atoms with van der Waals surface area (Å²) in [6, 6.07) is 6.77. The summed E-state index contributed by atoms with van der Waals surface area (Å²) >= 11 is 0. The molecule has 3 rings (SSSR count). The molecule has 0 bridgehead atoms. The maximum atomic E-state index is 12.9. The molecule has 2 heterocycles. The number of hydrogen-bond donors (Lipinski definition) is 0. The van der Waals surface area contributed by atoms with Gasteiger partial charge in [-0.3, -0.25) is 9.88 Å². The van der Waals surface area contributed by atoms with Gasteiger partial charge in [-0.15, -0.1) is 0 Å². The number of fused-ring (bicyclic) bond motifs is 1. The van der Waals surface area contributed by atoms with Gasteiger partial charge in [-0.25, -0.2) is 8.42 Å². The van der Waals surface area contributed by atoms with Crippen molar-refractivity contribution in [3.8, 4) is 0 Å². The van der Waals surface area contributed by atoms with Crippen molar-refractivity contribution in [2.24, 2.45) is 0 Å². The van der Waals surface area contributed by atoms with Crippen molar-refractivity contribution in [1.29, 1.82) is 0 Å². The van der Waals surface area contributed by atoms with Crippen LogP contribution in [0.25, 0.3) is 10.9 Å². The number of pyridine rings is 1. The fraction of sp³-hybridized carbons (Fsp3) is 0.438. The van der Waals surface area contributed by atoms with E-state index >= 15 is 0 Å². The second kappa shape index (κ2) is 6.54. The van der Waals surface area contributed by atoms with Gasteiger partial charge < -0.3 is 0 Å². The van der Waals surface area contributed by atoms with Crippen molar-refractivity contribution in [1.82, 2.24) is 14.2 Å². The van der Waals surface area contributed by atoms with Gasteiger partial charge in [-0.05, 0) is 24.6 Å². The number of nitrogens with zero attached hydrogens (tertiary/aromatic N) is 3. The van der Waals surface area contributed by atoms with Crippen LogP contribution in [0.4, 0.5) is 13.2 Å². The van der Waals surface area contributed by atoms with Crippen LogP contribution in [-0.2, 0) is 10.0 Å². The summed E-state index contributed by atoms with van der Waals surface area (Å²) in [5.41, 5.74) is 1.30. The summed E-state index contributed by atoms with van der Waals surface area (Å²) < 4.78 is 64.5. The van der Waals surface area contributed by atoms with Crippen LogP contribution in [-0.4, -0.2) is 61.5 Å². The Kier molecular flexibility index (Phi) is 4.74. The zero-order chi connectivity index (χ0) is 18.2. The molecule has 0 atom stereocenters. The number of hydrogen-bond acceptors (Lipinski definition) is 4. The van der Waals surface area contributed by atoms with Gasteiger partial charge in [0.05, 0.1) is 12.1 Å². The minimum absolute atomic E-state index is 0.0284. The number of aromatic nitrogens is 1. The van der Waals surface area contributed by atoms with Crippen LogP contribution in [0, 0.1) is 6.92 Å². The van der Waals surface area contributed by atoms with Crippen LogP contribution in [0.5, 0.6) is 0 Å². The van der Waals surface area contributed by atoms with Crippen LogP contribution in [0.3, 0.4) is 0 Å². The van der Waals surface area contributed by atoms with Crippen LogP contribution >= 0.6 is 0 Å². The summed E-state index contributed by atoms with van der Waals surface area (Å²) in [6.45, 7) is 1.01. The lowest BCUT2D eigenvalue weighted by atomic mass is 10.2. The van der Waals surface area contributed by atoms with E-state index in [2.05, 4.69) is 4.98 Å². The molecule has 0 radical (unpaired) electrons. The molecule has 2 aromatic rings. The third kappa shape index (κ3) is 3.94. The van der Waals surface area contributed by atoms with Crippen molar-refractivity contribution in [2.45, 2.75) is 18.0 Å². The molecule has 9 heteroatoms. The zero-order valence-corrected chi connectivity index (χ0v) is 14.4. The molecule has 5 nitrogen and oxygen atoms in total. The Balaban J connectivity index is 1.84. The highest BCUT2D eigenvalue weighted by Crippen LogP contribution is 2.26. The fourth-order valence-corrected chi connectivity index (χ4v) is 4.56. The Bertz CT molecular complexity index is 876. The third-order valence-electron chi connectivity index (χ3n) is 4.16. The predicted octanol–water partition coefficient (Wildman–Crippen LogP) is 2.41. The molecule has 0 unspecified atom stereocenters. The first kappa shape index (κ1) is 18.1. The summed E-state index contributed by atoms with van der Waals surface area (Å²) in [7, 11) is -3.81. The number of sulfonamides is 1. The molecule has 1 saturated heterocycles. The molecule has 0 aliphatic carbocycles. The van der Waals surface area contributed by atoms with E-state index in [4.69, 9.17) is 0 Å². The van der Waals surface area contributed by atoms with Crippen molar-refractivity contribution < 1.29 is 21.6 Å². The molecule has 0 spiro atoms. The van der Waals surface area contributed by atoms with Gasteiger partial charge in [0, 0.05) is 37.8 Å². The van der Waals surface area contributed by atoms with Crippen LogP contribution in [0.1, 0.15) is 5.56 Å². The second-order valence-electron chi connectivity index (χ2n) is 6.14. The van der Waals surface area contributed by atoms with Crippen LogP contribution in [0.2, 0.25) is 0 Å². The molecular weight excluding hydrogens is 355 g/mol. The molecule has 1 aliphatic heterocycles. The first-order valence-electron chi connectivity index (χ1n) is 7.81. The SMILES string of the molecule is Cc1cnc2c(S(=O)(=O)N3CCN(CC(F)(F)F)CC3)cccc2c1. The van der Waals surface area contributed by atoms with E-state index in [1.807, 2.05) is 13.0 Å². The first-order valence-corrected chi connectivity index (χ1v) is 9.25. The maximum absolute atomic E-state index is 12.9. The maximum Gasteiger partial charge on any atom is 0.401 e. The lowest BCUT2D eigenvalue weighted by Gasteiger charge is -2.34. The lowest BCUT2D eigenvalue weighted by Crippen LogP contribution is -2.50. The van der Waals surface area contributed by atoms with Gasteiger partial charge in [0.1, 0.15) is 4.90 Å². The van der Waals surface area contributed by atoms with Crippen molar-refractivity contribution in [3.05, 3.63) is 36.0 Å². The highest BCUT2D eigenvalue weighted by molar-refractivity contribution is 7.89. The van der Waals surface area contributed by atoms with Crippen LogP contribution in [0.15, 0.2) is 35.4 Å². The Labute approximate surface area is 144 Å². The molecule has 0 saturated carbocycles. The number of rotatable bonds is 3. The van der Waals surface area contributed by atoms with Gasteiger partial charge >= 0.3 is 6.18 Å². The first-order chi connectivity index (χ1) is 11.7. The van der Waals surface area contributed by atoms with E-state index in [0.717, 1.165) is 10.9 Å². The highest BCUT2D eigenvalue weighted by atomic mass is 32.2. The zero-order valence-electron chi connectivity index (χ0n) is 13.6. The monoisotopic (exact) mass is 373 g/mol. The van der Waals surface area contributed by atoms with E-state index in [0.29, 0.717) is 5.52 Å². The molecule has 136 valence electrons. The second-order valence-corrected chi connectivity index (χ2v) is 8.04. The minimum Gasteiger partial charge on any atom is -0.292 e. The molecule has 0 N–H and O–H groups in total. The smallest absolute Gasteiger partial charge is 0.292 e. The molecule has 1 aromatic carbocycles. The largest absolute Gasteiger partial charge is 0.401 e. The number of alkyl halides is 3. The fourth-order valence-electron chi connectivity index (χ4n) is 2.97. The topological polar surface area (TPSA) is 53.5 Å². The summed E-state index contributed by atoms with van der Waals surface area (Å²) in [4.78, 5) is 5.55. The van der Waals surface area contributed by atoms with Gasteiger partial charge in [0.2, 0.25) is 10.0 Å². The van der Waals surface area contributed by atoms with Gasteiger partial charge in [0.15, 0.2) is 0 Å². The summed E-state index contributed by atoms with van der Waals surface area (Å²) in [5, 5.41) is 0.719. The normalized spacial score (nSPS) is 17.9. The van der Waals surface area contributed by atoms with Gasteiger partial charge in [-0.1, -0.05) is 12.1 Å². The quantitative estimate of drug-likeness (QED) is 0.829. The highest BCUT2D eigenvalue weighted by Gasteiger charge is 2.35. The van der Waals surface area contributed by atoms with E-state index in [9.17, 15) is 21.6 Å². The van der Waals surface area contributed by atoms with Crippen molar-refractivity contribution in [3.63, 3.8) is 0 Å². The number of benzene rings is 1. The number of para-hydroxylation sites is 1. The Morgan fingerprint density at radius 1 is 1.16 bits per heavy atom. The molecule has 25 heavy (non-hydrogen) atoms. The number of piperazine rings is 1. The van der Waals surface area contributed by atoms with Gasteiger partial charge in [-0.2, -0.15) is 17.5 Å². The number of aryl methyl sites for hydroxylation is 1. The Hall–Kier alpha value is -1.71. The third-order valence-corrected chi connectivity index (χ3v) is 6.09. The molecule has 0 amide bonds. The molecule has 1 aromatic heterocycles. The average Bonchev–Trinajstić information content (AvgIpc) is 2.53. The van der Waals surface area contributed by atoms with E-state index in [-0.39, 0.29) is 31.1 Å². The Morgan fingerprint density at radius 2 is 1.84 bits per heavy atom. The molecule has 1 aliphatic rings. The predicted molar refractivity (Wildman–Crippen MR) is 87.7 cm³/mol. The average molecular weight is 373 g/mol. The standard InChI is InChI=1S/C16H18F3N3O2S/c1-12-9-13-3-2-4-14(15(13)20-10-12)25(23,24)22-7-5-21(6-8-22)11-16(17,18)19/h2-4,9-10H,5-8,11H2,1H3. The van der Waals surface area contributed by atoms with Crippen molar-refractivity contribution in [2.75, 3.05) is 32.7 Å². The van der Waals surface area contributed by atoms with Crippen LogP contribution < -0.4 is 0 Å². The molecular formula is C16H18F3N3O2S.